The molecule has 0 bridgehead atoms. The van der Waals surface area contributed by atoms with Gasteiger partial charge >= 0.3 is 35.5 Å². The van der Waals surface area contributed by atoms with Crippen LogP contribution in [0.3, 0.4) is 0 Å². The molecule has 4 unspecified atom stereocenters. The van der Waals surface area contributed by atoms with Crippen LogP contribution in [-0.4, -0.2) is 41.4 Å². The first-order chi connectivity index (χ1) is 16.4. The van der Waals surface area contributed by atoms with Gasteiger partial charge in [0.2, 0.25) is 10.4 Å². The van der Waals surface area contributed by atoms with Crippen LogP contribution in [-0.2, 0) is 19.4 Å². The van der Waals surface area contributed by atoms with Crippen LogP contribution in [0.15, 0.2) is 0 Å². The van der Waals surface area contributed by atoms with Crippen molar-refractivity contribution in [2.24, 2.45) is 46.3 Å². The van der Waals surface area contributed by atoms with Gasteiger partial charge in [0.15, 0.2) is 0 Å². The van der Waals surface area contributed by atoms with Crippen LogP contribution in [0.4, 0.5) is 0 Å². The number of rotatable bonds is 6. The van der Waals surface area contributed by atoms with Crippen molar-refractivity contribution in [3.63, 3.8) is 0 Å². The Morgan fingerprint density at radius 1 is 1.24 bits per heavy atom. The van der Waals surface area contributed by atoms with Crippen LogP contribution in [0.2, 0.25) is 0 Å². The zero-order valence-electron chi connectivity index (χ0n) is 24.1. The monoisotopic (exact) mass is 498 g/mol. The van der Waals surface area contributed by atoms with Gasteiger partial charge in [0.05, 0.1) is 12.2 Å². The SMILES string of the molecule is [2H]C1([2H])C[C@]2(C)C3C[C@H](O)[C@@]4(C)C(CCC4[C@H](C)CCC(=O)O)C3CC[C@@H]2C([2H])([2H])[C@@H]1OS(=O)(=O)[O-].[Na+]. The zero-order valence-corrected chi connectivity index (χ0v) is 22.9. The largest absolute Gasteiger partial charge is 1.00 e. The Bertz CT molecular complexity index is 998. The molecule has 9 heteroatoms. The van der Waals surface area contributed by atoms with E-state index in [-0.39, 0.29) is 72.0 Å². The molecule has 4 aliphatic rings. The molecule has 184 valence electrons. The maximum absolute atomic E-state index is 11.6. The predicted octanol–water partition coefficient (Wildman–Crippen LogP) is 0.966. The Balaban J connectivity index is 0.00000380. The fraction of sp³-hybridized carbons (Fsp3) is 0.958. The Labute approximate surface area is 226 Å². The van der Waals surface area contributed by atoms with Crippen LogP contribution in [0.5, 0.6) is 0 Å². The number of carboxylic acid groups (broad SMARTS) is 1. The van der Waals surface area contributed by atoms with E-state index in [0.717, 1.165) is 12.8 Å². The van der Waals surface area contributed by atoms with E-state index in [0.29, 0.717) is 25.7 Å². The summed E-state index contributed by atoms with van der Waals surface area (Å²) in [6.07, 6.45) is -3.73. The maximum atomic E-state index is 11.6. The van der Waals surface area contributed by atoms with E-state index < -0.39 is 58.1 Å². The van der Waals surface area contributed by atoms with Gasteiger partial charge in [0.25, 0.3) is 0 Å². The van der Waals surface area contributed by atoms with Crippen LogP contribution >= 0.6 is 0 Å². The summed E-state index contributed by atoms with van der Waals surface area (Å²) in [7, 11) is -5.31. The van der Waals surface area contributed by atoms with Crippen LogP contribution < -0.4 is 29.6 Å². The Morgan fingerprint density at radius 2 is 1.94 bits per heavy atom. The van der Waals surface area contributed by atoms with E-state index in [1.807, 2.05) is 6.92 Å². The molecular weight excluding hydrogens is 455 g/mol. The smallest absolute Gasteiger partial charge is 0.726 e. The maximum Gasteiger partial charge on any atom is 1.00 e. The van der Waals surface area contributed by atoms with E-state index >= 15 is 0 Å². The van der Waals surface area contributed by atoms with E-state index in [9.17, 15) is 22.9 Å². The number of hydrogen-bond donors (Lipinski definition) is 2. The molecule has 0 radical (unpaired) electrons. The molecule has 4 fully saturated rings. The molecule has 33 heavy (non-hydrogen) atoms. The molecule has 0 aromatic rings. The van der Waals surface area contributed by atoms with Gasteiger partial charge in [-0.25, -0.2) is 8.42 Å². The summed E-state index contributed by atoms with van der Waals surface area (Å²) in [4.78, 5) is 11.1. The van der Waals surface area contributed by atoms with Gasteiger partial charge in [-0.1, -0.05) is 20.8 Å². The van der Waals surface area contributed by atoms with Crippen LogP contribution in [0, 0.1) is 46.3 Å². The molecule has 2 N–H and O–H groups in total. The van der Waals surface area contributed by atoms with Crippen LogP contribution in [0.1, 0.15) is 90.4 Å². The number of aliphatic carboxylic acids is 1. The van der Waals surface area contributed by atoms with Gasteiger partial charge in [-0.05, 0) is 104 Å². The number of fused-ring (bicyclic) bond motifs is 5. The van der Waals surface area contributed by atoms with E-state index in [1.165, 1.54) is 0 Å². The zero-order chi connectivity index (χ0) is 27.1. The van der Waals surface area contributed by atoms with Crippen molar-refractivity contribution in [1.29, 1.82) is 0 Å². The van der Waals surface area contributed by atoms with Crippen molar-refractivity contribution in [2.45, 2.75) is 97.1 Å². The van der Waals surface area contributed by atoms with Crippen molar-refractivity contribution < 1.29 is 67.2 Å². The first-order valence-corrected chi connectivity index (χ1v) is 13.2. The summed E-state index contributed by atoms with van der Waals surface area (Å²) in [5, 5.41) is 20.7. The molecule has 0 aliphatic heterocycles. The van der Waals surface area contributed by atoms with Crippen molar-refractivity contribution >= 4 is 16.4 Å². The number of aliphatic hydroxyl groups excluding tert-OH is 1. The second-order valence-electron chi connectivity index (χ2n) is 11.2. The molecule has 0 saturated heterocycles. The van der Waals surface area contributed by atoms with Gasteiger partial charge in [-0.15, -0.1) is 0 Å². The molecular formula is C24H39NaO7S. The number of hydrogen-bond acceptors (Lipinski definition) is 6. The van der Waals surface area contributed by atoms with Gasteiger partial charge in [0, 0.05) is 11.9 Å². The number of carboxylic acids is 1. The van der Waals surface area contributed by atoms with Gasteiger partial charge in [0.1, 0.15) is 0 Å². The van der Waals surface area contributed by atoms with E-state index in [2.05, 4.69) is 18.0 Å². The second-order valence-corrected chi connectivity index (χ2v) is 12.2. The Hall–Kier alpha value is 0.300. The molecule has 0 aromatic heterocycles. The van der Waals surface area contributed by atoms with Crippen molar-refractivity contribution in [3.8, 4) is 0 Å². The minimum Gasteiger partial charge on any atom is -0.726 e. The standard InChI is InChI=1S/C24H40O7S.Na/c1-14(4-9-22(26)27)18-7-8-19-17-6-5-15-12-16(31-32(28,29)30)10-11-23(15,2)20(17)13-21(25)24(18,19)3;/h14-21,25H,4-13H2,1-3H3,(H,26,27)(H,28,29,30);/q;+1/p-1/t14-,15-,16-,17?,18?,19?,20?,21+,23+,24-;/m1./s1/i10D2,12D2;. The minimum atomic E-state index is -5.31. The third-order valence-electron chi connectivity index (χ3n) is 9.78. The fourth-order valence-electron chi connectivity index (χ4n) is 8.20. The second kappa shape index (κ2) is 9.98. The molecule has 4 rings (SSSR count). The summed E-state index contributed by atoms with van der Waals surface area (Å²) >= 11 is 0. The number of carbonyl (C=O) groups is 1. The minimum absolute atomic E-state index is 0. The van der Waals surface area contributed by atoms with Gasteiger partial charge < -0.3 is 14.8 Å². The Kier molecular flexibility index (Phi) is 6.80. The van der Waals surface area contributed by atoms with Crippen molar-refractivity contribution in [2.75, 3.05) is 0 Å². The summed E-state index contributed by atoms with van der Waals surface area (Å²) in [6, 6.07) is 0. The molecule has 4 aliphatic carbocycles. The normalized spacial score (nSPS) is 50.6. The molecule has 0 spiro atoms. The number of aliphatic hydroxyl groups is 1. The average molecular weight is 499 g/mol. The molecule has 0 heterocycles. The quantitative estimate of drug-likeness (QED) is 0.318. The average Bonchev–Trinajstić information content (AvgIpc) is 3.08. The van der Waals surface area contributed by atoms with Crippen molar-refractivity contribution in [1.82, 2.24) is 0 Å². The van der Waals surface area contributed by atoms with Crippen molar-refractivity contribution in [3.05, 3.63) is 0 Å². The van der Waals surface area contributed by atoms with Gasteiger partial charge in [-0.2, -0.15) is 0 Å². The first kappa shape index (κ1) is 22.5. The predicted molar refractivity (Wildman–Crippen MR) is 117 cm³/mol. The molecule has 10 atom stereocenters. The summed E-state index contributed by atoms with van der Waals surface area (Å²) in [5.74, 6) is -1.08. The fourth-order valence-corrected chi connectivity index (χ4v) is 8.55. The summed E-state index contributed by atoms with van der Waals surface area (Å²) in [5.41, 5.74) is -1.24. The molecule has 0 amide bonds. The first-order valence-electron chi connectivity index (χ1n) is 13.9. The third-order valence-corrected chi connectivity index (χ3v) is 10.2. The van der Waals surface area contributed by atoms with E-state index in [4.69, 9.17) is 10.6 Å². The topological polar surface area (TPSA) is 124 Å². The molecule has 4 saturated carbocycles. The van der Waals surface area contributed by atoms with Gasteiger partial charge in [-0.3, -0.25) is 8.98 Å². The third kappa shape index (κ3) is 5.09. The Morgan fingerprint density at radius 3 is 2.58 bits per heavy atom. The summed E-state index contributed by atoms with van der Waals surface area (Å²) < 4.78 is 73.2. The summed E-state index contributed by atoms with van der Waals surface area (Å²) in [6.45, 7) is 6.04. The molecule has 0 aromatic carbocycles. The van der Waals surface area contributed by atoms with E-state index in [1.54, 1.807) is 0 Å². The van der Waals surface area contributed by atoms with Crippen LogP contribution in [0.25, 0.3) is 0 Å². The molecule has 7 nitrogen and oxygen atoms in total.